The van der Waals surface area contributed by atoms with Crippen molar-refractivity contribution >= 4 is 52.4 Å². The van der Waals surface area contributed by atoms with E-state index in [1.807, 2.05) is 0 Å². The predicted molar refractivity (Wildman–Crippen MR) is 113 cm³/mol. The van der Waals surface area contributed by atoms with Crippen LogP contribution in [0.1, 0.15) is 29.1 Å². The summed E-state index contributed by atoms with van der Waals surface area (Å²) in [5.41, 5.74) is 0.105. The van der Waals surface area contributed by atoms with Crippen molar-refractivity contribution in [1.82, 2.24) is 30.0 Å². The topological polar surface area (TPSA) is 120 Å². The zero-order chi connectivity index (χ0) is 20.5. The second-order valence-electron chi connectivity index (χ2n) is 5.87. The van der Waals surface area contributed by atoms with Gasteiger partial charge in [0, 0.05) is 16.8 Å². The Bertz CT molecular complexity index is 1140. The van der Waals surface area contributed by atoms with Gasteiger partial charge in [-0.2, -0.15) is 23.3 Å². The van der Waals surface area contributed by atoms with E-state index in [2.05, 4.69) is 25.4 Å². The lowest BCUT2D eigenvalue weighted by Gasteiger charge is -2.14. The molecular formula is C16H16Cl2N6O3S2. The number of carbonyl (C=O) groups is 1. The van der Waals surface area contributed by atoms with Gasteiger partial charge in [0.25, 0.3) is 11.9 Å². The van der Waals surface area contributed by atoms with E-state index in [4.69, 9.17) is 23.2 Å². The van der Waals surface area contributed by atoms with Gasteiger partial charge in [0.15, 0.2) is 15.7 Å². The molecule has 13 heteroatoms. The Morgan fingerprint density at radius 1 is 1.10 bits per heavy atom. The molecule has 3 aromatic rings. The molecular weight excluding hydrogens is 459 g/mol. The highest BCUT2D eigenvalue weighted by molar-refractivity contribution is 7.90. The van der Waals surface area contributed by atoms with E-state index in [1.165, 1.54) is 41.6 Å². The summed E-state index contributed by atoms with van der Waals surface area (Å²) in [5.74, 6) is 0.0904. The van der Waals surface area contributed by atoms with Crippen LogP contribution in [0.15, 0.2) is 41.8 Å². The van der Waals surface area contributed by atoms with Gasteiger partial charge in [0.2, 0.25) is 0 Å². The summed E-state index contributed by atoms with van der Waals surface area (Å²) in [5, 5.41) is 7.30. The van der Waals surface area contributed by atoms with E-state index >= 15 is 0 Å². The Morgan fingerprint density at radius 2 is 1.76 bits per heavy atom. The minimum Gasteiger partial charge on any atom is -0.342 e. The normalized spacial score (nSPS) is 12.1. The molecule has 0 saturated heterocycles. The van der Waals surface area contributed by atoms with Crippen LogP contribution in [-0.4, -0.2) is 45.3 Å². The zero-order valence-corrected chi connectivity index (χ0v) is 18.5. The van der Waals surface area contributed by atoms with Crippen molar-refractivity contribution in [3.63, 3.8) is 0 Å². The van der Waals surface area contributed by atoms with E-state index < -0.39 is 21.8 Å². The summed E-state index contributed by atoms with van der Waals surface area (Å²) in [7, 11) is -3.52. The van der Waals surface area contributed by atoms with Crippen LogP contribution in [-0.2, 0) is 9.84 Å². The second-order valence-corrected chi connectivity index (χ2v) is 8.76. The second kappa shape index (κ2) is 9.08. The maximum Gasteiger partial charge on any atom is 0.252 e. The smallest absolute Gasteiger partial charge is 0.252 e. The highest BCUT2D eigenvalue weighted by atomic mass is 35.5. The van der Waals surface area contributed by atoms with Crippen molar-refractivity contribution in [2.75, 3.05) is 6.26 Å². The maximum absolute atomic E-state index is 12.6. The van der Waals surface area contributed by atoms with Gasteiger partial charge in [-0.15, -0.1) is 0 Å². The van der Waals surface area contributed by atoms with Gasteiger partial charge in [-0.25, -0.2) is 23.4 Å². The number of aromatic nitrogens is 5. The lowest BCUT2D eigenvalue weighted by molar-refractivity contribution is 0.0937. The predicted octanol–water partition coefficient (Wildman–Crippen LogP) is 2.37. The molecule has 9 nitrogen and oxygen atoms in total. The molecule has 2 heterocycles. The molecule has 0 saturated carbocycles. The fourth-order valence-corrected chi connectivity index (χ4v) is 3.45. The standard InChI is InChI=1S/C16H14Cl2N6O3S.H2S/c1-9(14-21-8-22-24(14)16-19-6-12(18)7-20-16)23-15(25)10-3-11(17)5-13(4-10)28(2,26)27;/h3-9H,1-2H3,(H,23,25);1H2/t9-;/m1./s1. The van der Waals surface area contributed by atoms with Crippen LogP contribution in [0.5, 0.6) is 0 Å². The van der Waals surface area contributed by atoms with Crippen LogP contribution in [0.3, 0.4) is 0 Å². The molecule has 1 atom stereocenters. The zero-order valence-electron chi connectivity index (χ0n) is 15.2. The maximum atomic E-state index is 12.6. The molecule has 0 aliphatic carbocycles. The average molecular weight is 475 g/mol. The third-order valence-corrected chi connectivity index (χ3v) is 5.17. The largest absolute Gasteiger partial charge is 0.342 e. The monoisotopic (exact) mass is 474 g/mol. The van der Waals surface area contributed by atoms with Crippen molar-refractivity contribution in [3.8, 4) is 5.95 Å². The first-order chi connectivity index (χ1) is 13.1. The SMILES string of the molecule is C[C@@H](NC(=O)c1cc(Cl)cc(S(C)(=O)=O)c1)c1ncnn1-c1ncc(Cl)cn1.S. The summed E-state index contributed by atoms with van der Waals surface area (Å²) < 4.78 is 24.9. The molecule has 3 rings (SSSR count). The van der Waals surface area contributed by atoms with Crippen LogP contribution >= 0.6 is 36.7 Å². The Kier molecular flexibility index (Phi) is 7.22. The van der Waals surface area contributed by atoms with Gasteiger partial charge in [-0.05, 0) is 25.1 Å². The minimum atomic E-state index is -3.52. The van der Waals surface area contributed by atoms with E-state index in [0.29, 0.717) is 10.8 Å². The van der Waals surface area contributed by atoms with Crippen LogP contribution < -0.4 is 5.32 Å². The fourth-order valence-electron chi connectivity index (χ4n) is 2.37. The number of carbonyl (C=O) groups excluding carboxylic acids is 1. The van der Waals surface area contributed by atoms with Crippen molar-refractivity contribution in [3.05, 3.63) is 58.4 Å². The summed E-state index contributed by atoms with van der Waals surface area (Å²) in [6.07, 6.45) is 5.17. The number of halogens is 2. The Balaban J connectivity index is 0.00000300. The van der Waals surface area contributed by atoms with Crippen LogP contribution in [0.25, 0.3) is 5.95 Å². The summed E-state index contributed by atoms with van der Waals surface area (Å²) in [4.78, 5) is 24.8. The molecule has 1 amide bonds. The number of nitrogens with zero attached hydrogens (tertiary/aromatic N) is 5. The van der Waals surface area contributed by atoms with Crippen molar-refractivity contribution < 1.29 is 13.2 Å². The molecule has 0 aliphatic rings. The van der Waals surface area contributed by atoms with Gasteiger partial charge >= 0.3 is 0 Å². The molecule has 1 N–H and O–H groups in total. The molecule has 0 spiro atoms. The van der Waals surface area contributed by atoms with Gasteiger partial charge in [-0.1, -0.05) is 23.2 Å². The molecule has 0 unspecified atom stereocenters. The highest BCUT2D eigenvalue weighted by Gasteiger charge is 2.20. The third kappa shape index (κ3) is 5.44. The van der Waals surface area contributed by atoms with Crippen molar-refractivity contribution in [2.45, 2.75) is 17.9 Å². The average Bonchev–Trinajstić information content (AvgIpc) is 3.11. The number of benzene rings is 1. The molecule has 2 aromatic heterocycles. The minimum absolute atomic E-state index is 0. The Hall–Kier alpha value is -2.21. The van der Waals surface area contributed by atoms with Crippen LogP contribution in [0.2, 0.25) is 10.0 Å². The number of hydrogen-bond acceptors (Lipinski definition) is 7. The number of rotatable bonds is 5. The van der Waals surface area contributed by atoms with Gasteiger partial charge < -0.3 is 5.32 Å². The van der Waals surface area contributed by atoms with E-state index in [0.717, 1.165) is 6.26 Å². The highest BCUT2D eigenvalue weighted by Crippen LogP contribution is 2.20. The first-order valence-electron chi connectivity index (χ1n) is 7.84. The lowest BCUT2D eigenvalue weighted by Crippen LogP contribution is -2.29. The summed E-state index contributed by atoms with van der Waals surface area (Å²) >= 11 is 11.7. The Morgan fingerprint density at radius 3 is 2.38 bits per heavy atom. The van der Waals surface area contributed by atoms with Crippen molar-refractivity contribution in [2.24, 2.45) is 0 Å². The van der Waals surface area contributed by atoms with E-state index in [9.17, 15) is 13.2 Å². The third-order valence-electron chi connectivity index (χ3n) is 3.67. The molecule has 0 bridgehead atoms. The van der Waals surface area contributed by atoms with E-state index in [1.54, 1.807) is 6.92 Å². The fraction of sp³-hybridized carbons (Fsp3) is 0.188. The van der Waals surface area contributed by atoms with Crippen molar-refractivity contribution in [1.29, 1.82) is 0 Å². The lowest BCUT2D eigenvalue weighted by atomic mass is 10.2. The van der Waals surface area contributed by atoms with Gasteiger partial charge in [0.05, 0.1) is 28.4 Å². The Labute approximate surface area is 183 Å². The van der Waals surface area contributed by atoms with Crippen LogP contribution in [0, 0.1) is 0 Å². The molecule has 29 heavy (non-hydrogen) atoms. The molecule has 154 valence electrons. The first kappa shape index (κ1) is 23.1. The number of hydrogen-bond donors (Lipinski definition) is 1. The first-order valence-corrected chi connectivity index (χ1v) is 10.5. The summed E-state index contributed by atoms with van der Waals surface area (Å²) in [6, 6.07) is 3.34. The quantitative estimate of drug-likeness (QED) is 0.602. The van der Waals surface area contributed by atoms with Gasteiger partial charge in [0.1, 0.15) is 6.33 Å². The molecule has 0 aliphatic heterocycles. The number of sulfone groups is 1. The molecule has 1 aromatic carbocycles. The van der Waals surface area contributed by atoms with E-state index in [-0.39, 0.29) is 34.9 Å². The number of nitrogens with one attached hydrogen (secondary N) is 1. The molecule has 0 radical (unpaired) electrons. The molecule has 0 fully saturated rings. The van der Waals surface area contributed by atoms with Gasteiger partial charge in [-0.3, -0.25) is 4.79 Å². The van der Waals surface area contributed by atoms with Crippen LogP contribution in [0.4, 0.5) is 0 Å². The summed E-state index contributed by atoms with van der Waals surface area (Å²) in [6.45, 7) is 1.69. The number of amides is 1.